The van der Waals surface area contributed by atoms with Gasteiger partial charge in [0.15, 0.2) is 0 Å². The summed E-state index contributed by atoms with van der Waals surface area (Å²) in [7, 11) is 0. The molecule has 2 saturated heterocycles. The maximum absolute atomic E-state index is 4.72. The van der Waals surface area contributed by atoms with Gasteiger partial charge in [-0.05, 0) is 61.3 Å². The van der Waals surface area contributed by atoms with Gasteiger partial charge in [-0.25, -0.2) is 4.98 Å². The van der Waals surface area contributed by atoms with Gasteiger partial charge in [-0.15, -0.1) is 0 Å². The Morgan fingerprint density at radius 3 is 2.94 bits per heavy atom. The first-order valence-corrected chi connectivity index (χ1v) is 7.58. The lowest BCUT2D eigenvalue weighted by molar-refractivity contribution is 0.202. The molecule has 2 unspecified atom stereocenters. The molecule has 98 valence electrons. The van der Waals surface area contributed by atoms with Crippen molar-refractivity contribution in [3.8, 4) is 0 Å². The molecule has 2 atom stereocenters. The van der Waals surface area contributed by atoms with Crippen molar-refractivity contribution in [3.63, 3.8) is 0 Å². The summed E-state index contributed by atoms with van der Waals surface area (Å²) in [5.41, 5.74) is 1.08. The molecule has 0 spiro atoms. The number of hydrogen-bond acceptors (Lipinski definition) is 3. The molecular weight excluding hydrogens is 290 g/mol. The molecule has 0 N–H and O–H groups in total. The van der Waals surface area contributed by atoms with E-state index in [4.69, 9.17) is 4.98 Å². The standard InChI is InChI=1S/C14H20BrN3/c1-10-8-17-7-3-4-12(17)9-18(10)14-6-5-13(15)11(2)16-14/h5-6,10,12H,3-4,7-9H2,1-2H3. The van der Waals surface area contributed by atoms with Gasteiger partial charge in [0, 0.05) is 29.6 Å². The van der Waals surface area contributed by atoms with E-state index in [1.807, 2.05) is 0 Å². The lowest BCUT2D eigenvalue weighted by Crippen LogP contribution is -2.55. The minimum Gasteiger partial charge on any atom is -0.351 e. The molecule has 0 saturated carbocycles. The number of anilines is 1. The fourth-order valence-electron chi connectivity index (χ4n) is 3.20. The predicted octanol–water partition coefficient (Wildman–Crippen LogP) is 2.83. The molecule has 2 fully saturated rings. The summed E-state index contributed by atoms with van der Waals surface area (Å²) in [6, 6.07) is 5.56. The second-order valence-electron chi connectivity index (χ2n) is 5.53. The number of aryl methyl sites for hydroxylation is 1. The van der Waals surface area contributed by atoms with E-state index in [1.165, 1.54) is 25.9 Å². The van der Waals surface area contributed by atoms with E-state index in [9.17, 15) is 0 Å². The van der Waals surface area contributed by atoms with E-state index >= 15 is 0 Å². The Morgan fingerprint density at radius 1 is 1.33 bits per heavy atom. The summed E-state index contributed by atoms with van der Waals surface area (Å²) in [6.45, 7) is 7.98. The monoisotopic (exact) mass is 309 g/mol. The van der Waals surface area contributed by atoms with Crippen LogP contribution in [-0.4, -0.2) is 41.6 Å². The third kappa shape index (κ3) is 2.16. The molecule has 1 aromatic rings. The van der Waals surface area contributed by atoms with Crippen molar-refractivity contribution in [2.24, 2.45) is 0 Å². The molecule has 1 aromatic heterocycles. The normalized spacial score (nSPS) is 28.5. The Bertz CT molecular complexity index is 449. The van der Waals surface area contributed by atoms with Crippen molar-refractivity contribution < 1.29 is 0 Å². The van der Waals surface area contributed by atoms with Gasteiger partial charge in [0.25, 0.3) is 0 Å². The largest absolute Gasteiger partial charge is 0.351 e. The molecule has 3 nitrogen and oxygen atoms in total. The minimum atomic E-state index is 0.562. The highest BCUT2D eigenvalue weighted by molar-refractivity contribution is 9.10. The number of nitrogens with zero attached hydrogens (tertiary/aromatic N) is 3. The Kier molecular flexibility index (Phi) is 3.32. The van der Waals surface area contributed by atoms with Crippen molar-refractivity contribution in [2.75, 3.05) is 24.5 Å². The fourth-order valence-corrected chi connectivity index (χ4v) is 3.42. The van der Waals surface area contributed by atoms with Crippen LogP contribution < -0.4 is 4.90 Å². The van der Waals surface area contributed by atoms with Gasteiger partial charge in [0.2, 0.25) is 0 Å². The van der Waals surface area contributed by atoms with E-state index in [0.717, 1.165) is 28.6 Å². The lowest BCUT2D eigenvalue weighted by Gasteiger charge is -2.43. The first-order chi connectivity index (χ1) is 8.65. The van der Waals surface area contributed by atoms with Crippen LogP contribution >= 0.6 is 15.9 Å². The van der Waals surface area contributed by atoms with Crippen LogP contribution in [0.5, 0.6) is 0 Å². The molecule has 0 aromatic carbocycles. The van der Waals surface area contributed by atoms with E-state index in [-0.39, 0.29) is 0 Å². The minimum absolute atomic E-state index is 0.562. The zero-order valence-electron chi connectivity index (χ0n) is 11.1. The molecule has 0 radical (unpaired) electrons. The molecule has 18 heavy (non-hydrogen) atoms. The number of aromatic nitrogens is 1. The van der Waals surface area contributed by atoms with Crippen molar-refractivity contribution in [1.29, 1.82) is 0 Å². The smallest absolute Gasteiger partial charge is 0.129 e. The average Bonchev–Trinajstić information content (AvgIpc) is 2.79. The highest BCUT2D eigenvalue weighted by Crippen LogP contribution is 2.28. The third-order valence-corrected chi connectivity index (χ3v) is 5.08. The first kappa shape index (κ1) is 12.4. The maximum atomic E-state index is 4.72. The first-order valence-electron chi connectivity index (χ1n) is 6.79. The van der Waals surface area contributed by atoms with Crippen LogP contribution in [0.2, 0.25) is 0 Å². The second-order valence-corrected chi connectivity index (χ2v) is 6.38. The summed E-state index contributed by atoms with van der Waals surface area (Å²) < 4.78 is 1.10. The Morgan fingerprint density at radius 2 is 2.17 bits per heavy atom. The molecule has 2 aliphatic rings. The molecule has 3 heterocycles. The van der Waals surface area contributed by atoms with Gasteiger partial charge in [-0.2, -0.15) is 0 Å². The van der Waals surface area contributed by atoms with Gasteiger partial charge < -0.3 is 4.90 Å². The Labute approximate surface area is 117 Å². The molecule has 0 bridgehead atoms. The van der Waals surface area contributed by atoms with Gasteiger partial charge in [-0.1, -0.05) is 0 Å². The van der Waals surface area contributed by atoms with Crippen LogP contribution in [0.1, 0.15) is 25.5 Å². The summed E-state index contributed by atoms with van der Waals surface area (Å²) >= 11 is 3.52. The molecule has 4 heteroatoms. The van der Waals surface area contributed by atoms with Crippen molar-refractivity contribution >= 4 is 21.7 Å². The number of hydrogen-bond donors (Lipinski definition) is 0. The Hall–Kier alpha value is -0.610. The topological polar surface area (TPSA) is 19.4 Å². The predicted molar refractivity (Wildman–Crippen MR) is 78.1 cm³/mol. The van der Waals surface area contributed by atoms with Crippen LogP contribution in [-0.2, 0) is 0 Å². The van der Waals surface area contributed by atoms with Crippen LogP contribution in [0.15, 0.2) is 16.6 Å². The fraction of sp³-hybridized carbons (Fsp3) is 0.643. The summed E-state index contributed by atoms with van der Waals surface area (Å²) in [6.07, 6.45) is 2.71. The number of halogens is 1. The summed E-state index contributed by atoms with van der Waals surface area (Å²) in [5, 5.41) is 0. The molecule has 0 amide bonds. The Balaban J connectivity index is 1.84. The van der Waals surface area contributed by atoms with Gasteiger partial charge in [0.1, 0.15) is 5.82 Å². The zero-order valence-corrected chi connectivity index (χ0v) is 12.7. The number of rotatable bonds is 1. The lowest BCUT2D eigenvalue weighted by atomic mass is 10.1. The van der Waals surface area contributed by atoms with Crippen molar-refractivity contribution in [2.45, 2.75) is 38.8 Å². The molecule has 2 aliphatic heterocycles. The highest BCUT2D eigenvalue weighted by atomic mass is 79.9. The third-order valence-electron chi connectivity index (χ3n) is 4.24. The zero-order chi connectivity index (χ0) is 12.7. The quantitative estimate of drug-likeness (QED) is 0.795. The van der Waals surface area contributed by atoms with Crippen LogP contribution in [0, 0.1) is 6.92 Å². The second kappa shape index (κ2) is 4.82. The van der Waals surface area contributed by atoms with Crippen molar-refractivity contribution in [3.05, 3.63) is 22.3 Å². The van der Waals surface area contributed by atoms with E-state index in [0.29, 0.717) is 6.04 Å². The summed E-state index contributed by atoms with van der Waals surface area (Å²) in [4.78, 5) is 9.85. The van der Waals surface area contributed by atoms with Crippen molar-refractivity contribution in [1.82, 2.24) is 9.88 Å². The van der Waals surface area contributed by atoms with E-state index in [2.05, 4.69) is 51.7 Å². The highest BCUT2D eigenvalue weighted by Gasteiger charge is 2.34. The van der Waals surface area contributed by atoms with Crippen LogP contribution in [0.3, 0.4) is 0 Å². The molecule has 3 rings (SSSR count). The molecule has 0 aliphatic carbocycles. The SMILES string of the molecule is Cc1nc(N2CC3CCCN3CC2C)ccc1Br. The van der Waals surface area contributed by atoms with E-state index < -0.39 is 0 Å². The summed E-state index contributed by atoms with van der Waals surface area (Å²) in [5.74, 6) is 1.13. The van der Waals surface area contributed by atoms with Gasteiger partial charge >= 0.3 is 0 Å². The number of fused-ring (bicyclic) bond motifs is 1. The molecular formula is C14H20BrN3. The average molecular weight is 310 g/mol. The number of pyridine rings is 1. The van der Waals surface area contributed by atoms with Crippen LogP contribution in [0.4, 0.5) is 5.82 Å². The van der Waals surface area contributed by atoms with Gasteiger partial charge in [-0.3, -0.25) is 4.90 Å². The number of piperazine rings is 1. The van der Waals surface area contributed by atoms with Crippen LogP contribution in [0.25, 0.3) is 0 Å². The van der Waals surface area contributed by atoms with E-state index in [1.54, 1.807) is 0 Å². The van der Waals surface area contributed by atoms with Gasteiger partial charge in [0.05, 0.1) is 5.69 Å². The maximum Gasteiger partial charge on any atom is 0.129 e.